The second kappa shape index (κ2) is 5.75. The van der Waals surface area contributed by atoms with E-state index in [9.17, 15) is 4.79 Å². The second-order valence-corrected chi connectivity index (χ2v) is 6.16. The number of thiophene rings is 1. The molecule has 0 aromatic carbocycles. The van der Waals surface area contributed by atoms with Gasteiger partial charge in [-0.1, -0.05) is 6.07 Å². The summed E-state index contributed by atoms with van der Waals surface area (Å²) in [6.07, 6.45) is 6.02. The van der Waals surface area contributed by atoms with Crippen LogP contribution in [0, 0.1) is 0 Å². The zero-order valence-electron chi connectivity index (χ0n) is 11.7. The number of likely N-dealkylation sites (N-methyl/N-ethyl adjacent to an activating group) is 1. The van der Waals surface area contributed by atoms with Gasteiger partial charge in [-0.15, -0.1) is 11.3 Å². The topological polar surface area (TPSA) is 71.6 Å². The molecule has 3 heterocycles. The number of aliphatic imine (C=N–C) groups is 1. The molecule has 2 aromatic heterocycles. The summed E-state index contributed by atoms with van der Waals surface area (Å²) in [5.41, 5.74) is 8.11. The zero-order chi connectivity index (χ0) is 14.8. The van der Waals surface area contributed by atoms with Crippen molar-refractivity contribution in [1.82, 2.24) is 9.88 Å². The molecule has 0 saturated carbocycles. The van der Waals surface area contributed by atoms with Gasteiger partial charge in [-0.05, 0) is 25.1 Å². The molecule has 1 aliphatic rings. The normalized spacial score (nSPS) is 15.3. The molecule has 21 heavy (non-hydrogen) atoms. The van der Waals surface area contributed by atoms with Crippen LogP contribution in [-0.2, 0) is 13.0 Å². The van der Waals surface area contributed by atoms with Crippen LogP contribution in [0.25, 0.3) is 0 Å². The molecule has 0 saturated heterocycles. The molecule has 0 spiro atoms. The van der Waals surface area contributed by atoms with Crippen LogP contribution in [0.1, 0.15) is 26.4 Å². The number of hydrogen-bond acceptors (Lipinski definition) is 5. The molecule has 108 valence electrons. The number of primary amides is 1. The van der Waals surface area contributed by atoms with Gasteiger partial charge in [0.25, 0.3) is 5.91 Å². The zero-order valence-corrected chi connectivity index (χ0v) is 12.6. The number of amides is 1. The highest BCUT2D eigenvalue weighted by Crippen LogP contribution is 2.38. The largest absolute Gasteiger partial charge is 0.365 e. The van der Waals surface area contributed by atoms with Crippen LogP contribution in [0.4, 0.5) is 5.00 Å². The minimum Gasteiger partial charge on any atom is -0.365 e. The van der Waals surface area contributed by atoms with E-state index in [-0.39, 0.29) is 0 Å². The van der Waals surface area contributed by atoms with Crippen LogP contribution in [0.3, 0.4) is 0 Å². The molecule has 0 bridgehead atoms. The number of pyridine rings is 1. The van der Waals surface area contributed by atoms with Gasteiger partial charge >= 0.3 is 0 Å². The Morgan fingerprint density at radius 3 is 3.14 bits per heavy atom. The smallest absolute Gasteiger partial charge is 0.252 e. The fraction of sp³-hybridized carbons (Fsp3) is 0.267. The minimum atomic E-state index is -0.393. The molecule has 0 aliphatic carbocycles. The average molecular weight is 300 g/mol. The van der Waals surface area contributed by atoms with Crippen molar-refractivity contribution >= 4 is 28.5 Å². The van der Waals surface area contributed by atoms with Crippen LogP contribution in [0.2, 0.25) is 0 Å². The van der Waals surface area contributed by atoms with Crippen LogP contribution in [-0.4, -0.2) is 35.6 Å². The first kappa shape index (κ1) is 13.9. The van der Waals surface area contributed by atoms with Gasteiger partial charge in [0.1, 0.15) is 5.00 Å². The Morgan fingerprint density at radius 1 is 1.57 bits per heavy atom. The van der Waals surface area contributed by atoms with E-state index in [1.807, 2.05) is 12.1 Å². The van der Waals surface area contributed by atoms with Gasteiger partial charge in [0.2, 0.25) is 0 Å². The molecule has 6 heteroatoms. The summed E-state index contributed by atoms with van der Waals surface area (Å²) >= 11 is 1.55. The molecular weight excluding hydrogens is 284 g/mol. The van der Waals surface area contributed by atoms with E-state index in [4.69, 9.17) is 5.73 Å². The summed E-state index contributed by atoms with van der Waals surface area (Å²) in [6.45, 7) is 1.79. The SMILES string of the molecule is CN1CCc2c(sc(N=Cc3cccnc3)c2C(N)=O)C1. The van der Waals surface area contributed by atoms with Gasteiger partial charge in [0.15, 0.2) is 0 Å². The van der Waals surface area contributed by atoms with Crippen LogP contribution < -0.4 is 5.73 Å². The lowest BCUT2D eigenvalue weighted by molar-refractivity contribution is 0.1000. The molecule has 0 unspecified atom stereocenters. The lowest BCUT2D eigenvalue weighted by Crippen LogP contribution is -2.26. The molecule has 1 amide bonds. The summed E-state index contributed by atoms with van der Waals surface area (Å²) in [6, 6.07) is 3.77. The predicted octanol–water partition coefficient (Wildman–Crippen LogP) is 1.98. The molecule has 2 N–H and O–H groups in total. The highest BCUT2D eigenvalue weighted by Gasteiger charge is 2.25. The second-order valence-electron chi connectivity index (χ2n) is 5.08. The van der Waals surface area contributed by atoms with Gasteiger partial charge in [-0.25, -0.2) is 4.99 Å². The number of rotatable bonds is 3. The van der Waals surface area contributed by atoms with E-state index in [0.29, 0.717) is 10.6 Å². The van der Waals surface area contributed by atoms with E-state index in [1.54, 1.807) is 29.9 Å². The maximum Gasteiger partial charge on any atom is 0.252 e. The quantitative estimate of drug-likeness (QED) is 0.881. The number of fused-ring (bicyclic) bond motifs is 1. The van der Waals surface area contributed by atoms with Crippen molar-refractivity contribution in [3.63, 3.8) is 0 Å². The van der Waals surface area contributed by atoms with Crippen molar-refractivity contribution in [2.75, 3.05) is 13.6 Å². The van der Waals surface area contributed by atoms with Crippen molar-refractivity contribution in [3.05, 3.63) is 46.1 Å². The molecule has 2 aromatic rings. The van der Waals surface area contributed by atoms with Crippen LogP contribution in [0.15, 0.2) is 29.5 Å². The fourth-order valence-corrected chi connectivity index (χ4v) is 3.72. The monoisotopic (exact) mass is 300 g/mol. The Bertz CT molecular complexity index is 693. The van der Waals surface area contributed by atoms with Crippen molar-refractivity contribution in [2.45, 2.75) is 13.0 Å². The van der Waals surface area contributed by atoms with Crippen molar-refractivity contribution in [3.8, 4) is 0 Å². The Morgan fingerprint density at radius 2 is 2.43 bits per heavy atom. The third kappa shape index (κ3) is 2.86. The molecule has 1 aliphatic heterocycles. The standard InChI is InChI=1S/C15H16N4OS/c1-19-6-4-11-12(9-19)21-15(13(11)14(16)20)18-8-10-3-2-5-17-7-10/h2-3,5,7-8H,4,6,9H2,1H3,(H2,16,20). The maximum absolute atomic E-state index is 11.8. The van der Waals surface area contributed by atoms with E-state index < -0.39 is 5.91 Å². The van der Waals surface area contributed by atoms with E-state index in [2.05, 4.69) is 21.9 Å². The van der Waals surface area contributed by atoms with Crippen LogP contribution >= 0.6 is 11.3 Å². The first-order valence-electron chi connectivity index (χ1n) is 6.72. The summed E-state index contributed by atoms with van der Waals surface area (Å²) in [7, 11) is 2.07. The van der Waals surface area contributed by atoms with E-state index in [0.717, 1.165) is 30.6 Å². The highest BCUT2D eigenvalue weighted by molar-refractivity contribution is 7.16. The lowest BCUT2D eigenvalue weighted by Gasteiger charge is -2.22. The van der Waals surface area contributed by atoms with Crippen molar-refractivity contribution in [1.29, 1.82) is 0 Å². The van der Waals surface area contributed by atoms with Gasteiger partial charge in [0, 0.05) is 42.1 Å². The molecule has 0 atom stereocenters. The molecule has 3 rings (SSSR count). The van der Waals surface area contributed by atoms with Gasteiger partial charge in [-0.3, -0.25) is 9.78 Å². The summed E-state index contributed by atoms with van der Waals surface area (Å²) in [5.74, 6) is -0.393. The third-order valence-corrected chi connectivity index (χ3v) is 4.62. The summed E-state index contributed by atoms with van der Waals surface area (Å²) < 4.78 is 0. The number of carbonyl (C=O) groups excluding carboxylic acids is 1. The van der Waals surface area contributed by atoms with Crippen molar-refractivity contribution < 1.29 is 4.79 Å². The van der Waals surface area contributed by atoms with E-state index >= 15 is 0 Å². The number of hydrogen-bond donors (Lipinski definition) is 1. The van der Waals surface area contributed by atoms with Gasteiger partial charge < -0.3 is 10.6 Å². The molecule has 0 fully saturated rings. The number of aromatic nitrogens is 1. The Kier molecular flexibility index (Phi) is 3.81. The first-order chi connectivity index (χ1) is 10.1. The van der Waals surface area contributed by atoms with Gasteiger partial charge in [0.05, 0.1) is 5.56 Å². The van der Waals surface area contributed by atoms with Crippen molar-refractivity contribution in [2.24, 2.45) is 10.7 Å². The Labute approximate surface area is 127 Å². The number of nitrogens with zero attached hydrogens (tertiary/aromatic N) is 3. The summed E-state index contributed by atoms with van der Waals surface area (Å²) in [4.78, 5) is 23.7. The van der Waals surface area contributed by atoms with Gasteiger partial charge in [-0.2, -0.15) is 0 Å². The molecule has 5 nitrogen and oxygen atoms in total. The maximum atomic E-state index is 11.8. The van der Waals surface area contributed by atoms with Crippen LogP contribution in [0.5, 0.6) is 0 Å². The lowest BCUT2D eigenvalue weighted by atomic mass is 10.0. The molecular formula is C15H16N4OS. The number of nitrogens with two attached hydrogens (primary N) is 1. The summed E-state index contributed by atoms with van der Waals surface area (Å²) in [5, 5.41) is 0.701. The minimum absolute atomic E-state index is 0.393. The highest BCUT2D eigenvalue weighted by atomic mass is 32.1. The molecule has 0 radical (unpaired) electrons. The van der Waals surface area contributed by atoms with E-state index in [1.165, 1.54) is 4.88 Å². The third-order valence-electron chi connectivity index (χ3n) is 3.49. The fourth-order valence-electron chi connectivity index (χ4n) is 2.45. The average Bonchev–Trinajstić information content (AvgIpc) is 2.83. The number of carbonyl (C=O) groups is 1. The first-order valence-corrected chi connectivity index (χ1v) is 7.54. The Hall–Kier alpha value is -2.05. The predicted molar refractivity (Wildman–Crippen MR) is 84.4 cm³/mol. The Balaban J connectivity index is 1.98.